The van der Waals surface area contributed by atoms with E-state index in [9.17, 15) is 13.6 Å². The van der Waals surface area contributed by atoms with Gasteiger partial charge in [-0.1, -0.05) is 26.0 Å². The van der Waals surface area contributed by atoms with E-state index in [0.717, 1.165) is 0 Å². The summed E-state index contributed by atoms with van der Waals surface area (Å²) in [5, 5.41) is 11.8. The van der Waals surface area contributed by atoms with Gasteiger partial charge in [0.15, 0.2) is 0 Å². The van der Waals surface area contributed by atoms with Crippen LogP contribution in [-0.4, -0.2) is 30.8 Å². The van der Waals surface area contributed by atoms with Crippen molar-refractivity contribution in [1.29, 1.82) is 0 Å². The summed E-state index contributed by atoms with van der Waals surface area (Å²) in [6, 6.07) is 5.92. The fourth-order valence-corrected chi connectivity index (χ4v) is 1.43. The molecule has 0 saturated carbocycles. The molecular formula is C14H19F2NO3. The van der Waals surface area contributed by atoms with Crippen molar-refractivity contribution >= 4 is 5.91 Å². The van der Waals surface area contributed by atoms with Gasteiger partial charge in [-0.25, -0.2) is 0 Å². The predicted octanol–water partition coefficient (Wildman–Crippen LogP) is 1.97. The molecule has 0 bridgehead atoms. The lowest BCUT2D eigenvalue weighted by Gasteiger charge is -2.21. The van der Waals surface area contributed by atoms with E-state index in [-0.39, 0.29) is 30.1 Å². The van der Waals surface area contributed by atoms with Crippen LogP contribution in [0.15, 0.2) is 24.3 Å². The van der Waals surface area contributed by atoms with Crippen molar-refractivity contribution in [2.24, 2.45) is 5.41 Å². The van der Waals surface area contributed by atoms with Crippen LogP contribution in [0.1, 0.15) is 19.4 Å². The number of halogens is 2. The molecule has 6 heteroatoms. The summed E-state index contributed by atoms with van der Waals surface area (Å²) in [4.78, 5) is 11.7. The summed E-state index contributed by atoms with van der Waals surface area (Å²) >= 11 is 0. The van der Waals surface area contributed by atoms with Crippen molar-refractivity contribution in [2.75, 3.05) is 13.2 Å². The normalized spacial score (nSPS) is 11.5. The monoisotopic (exact) mass is 287 g/mol. The molecule has 1 rings (SSSR count). The molecule has 112 valence electrons. The van der Waals surface area contributed by atoms with E-state index in [0.29, 0.717) is 12.1 Å². The van der Waals surface area contributed by atoms with Gasteiger partial charge in [0.2, 0.25) is 5.91 Å². The number of aliphatic hydroxyl groups is 1. The maximum atomic E-state index is 12.0. The van der Waals surface area contributed by atoms with Crippen molar-refractivity contribution < 1.29 is 23.4 Å². The summed E-state index contributed by atoms with van der Waals surface area (Å²) in [5.41, 5.74) is 0.330. The minimum Gasteiger partial charge on any atom is -0.435 e. The minimum atomic E-state index is -2.86. The number of hydrogen-bond acceptors (Lipinski definition) is 3. The molecule has 0 unspecified atom stereocenters. The van der Waals surface area contributed by atoms with E-state index in [4.69, 9.17) is 5.11 Å². The first-order valence-electron chi connectivity index (χ1n) is 6.24. The Hall–Kier alpha value is -1.69. The first kappa shape index (κ1) is 16.4. The highest BCUT2D eigenvalue weighted by Crippen LogP contribution is 2.15. The average Bonchev–Trinajstić information content (AvgIpc) is 2.38. The Morgan fingerprint density at radius 2 is 1.95 bits per heavy atom. The largest absolute Gasteiger partial charge is 0.435 e. The number of amides is 1. The average molecular weight is 287 g/mol. The number of rotatable bonds is 7. The summed E-state index contributed by atoms with van der Waals surface area (Å²) in [5.74, 6) is -0.125. The number of carbonyl (C=O) groups is 1. The Balaban J connectivity index is 2.46. The fourth-order valence-electron chi connectivity index (χ4n) is 1.43. The number of benzene rings is 1. The lowest BCUT2D eigenvalue weighted by Crippen LogP contribution is -2.36. The molecule has 0 heterocycles. The van der Waals surface area contributed by atoms with Crippen molar-refractivity contribution in [3.63, 3.8) is 0 Å². The Morgan fingerprint density at radius 3 is 2.45 bits per heavy atom. The fraction of sp³-hybridized carbons (Fsp3) is 0.500. The van der Waals surface area contributed by atoms with Crippen LogP contribution in [0.25, 0.3) is 0 Å². The molecule has 20 heavy (non-hydrogen) atoms. The Bertz CT molecular complexity index is 433. The molecule has 1 aromatic carbocycles. The number of aliphatic hydroxyl groups excluding tert-OH is 1. The van der Waals surface area contributed by atoms with Crippen molar-refractivity contribution in [3.05, 3.63) is 29.8 Å². The van der Waals surface area contributed by atoms with Gasteiger partial charge in [-0.15, -0.1) is 0 Å². The van der Waals surface area contributed by atoms with Gasteiger partial charge in [0.1, 0.15) is 5.75 Å². The molecule has 1 amide bonds. The molecule has 0 spiro atoms. The highest BCUT2D eigenvalue weighted by Gasteiger charge is 2.17. The maximum Gasteiger partial charge on any atom is 0.387 e. The third kappa shape index (κ3) is 5.97. The predicted molar refractivity (Wildman–Crippen MR) is 70.7 cm³/mol. The van der Waals surface area contributed by atoms with Gasteiger partial charge in [-0.2, -0.15) is 8.78 Å². The number of carbonyl (C=O) groups excluding carboxylic acids is 1. The van der Waals surface area contributed by atoms with E-state index in [1.165, 1.54) is 12.1 Å². The van der Waals surface area contributed by atoms with Gasteiger partial charge in [0, 0.05) is 18.6 Å². The Labute approximate surface area is 116 Å². The van der Waals surface area contributed by atoms with Gasteiger partial charge in [0.05, 0.1) is 6.42 Å². The molecule has 0 aromatic heterocycles. The van der Waals surface area contributed by atoms with Gasteiger partial charge in [-0.3, -0.25) is 4.79 Å². The van der Waals surface area contributed by atoms with Crippen LogP contribution in [0.4, 0.5) is 8.78 Å². The van der Waals surface area contributed by atoms with Gasteiger partial charge in [-0.05, 0) is 17.7 Å². The van der Waals surface area contributed by atoms with E-state index in [2.05, 4.69) is 10.1 Å². The molecule has 0 fully saturated rings. The van der Waals surface area contributed by atoms with E-state index >= 15 is 0 Å². The van der Waals surface area contributed by atoms with E-state index in [1.54, 1.807) is 12.1 Å². The van der Waals surface area contributed by atoms with Gasteiger partial charge < -0.3 is 15.2 Å². The lowest BCUT2D eigenvalue weighted by atomic mass is 9.95. The first-order valence-corrected chi connectivity index (χ1v) is 6.24. The second-order valence-corrected chi connectivity index (χ2v) is 5.30. The molecule has 0 atom stereocenters. The molecule has 0 aliphatic carbocycles. The standard InChI is InChI=1S/C14H19F2NO3/c1-14(2,9-18)8-17-12(19)7-10-3-5-11(6-4-10)20-13(15)16/h3-6,13,18H,7-9H2,1-2H3,(H,17,19). The summed E-state index contributed by atoms with van der Waals surface area (Å²) in [6.07, 6.45) is 0.149. The van der Waals surface area contributed by atoms with Crippen molar-refractivity contribution in [3.8, 4) is 5.75 Å². The number of nitrogens with one attached hydrogen (secondary N) is 1. The second-order valence-electron chi connectivity index (χ2n) is 5.30. The van der Waals surface area contributed by atoms with Crippen LogP contribution in [0.2, 0.25) is 0 Å². The second kappa shape index (κ2) is 7.19. The first-order chi connectivity index (χ1) is 9.32. The van der Waals surface area contributed by atoms with E-state index in [1.807, 2.05) is 13.8 Å². The minimum absolute atomic E-state index is 0.0209. The van der Waals surface area contributed by atoms with Gasteiger partial charge >= 0.3 is 6.61 Å². The molecule has 4 nitrogen and oxygen atoms in total. The topological polar surface area (TPSA) is 58.6 Å². The van der Waals surface area contributed by atoms with Crippen LogP contribution in [0, 0.1) is 5.41 Å². The Kier molecular flexibility index (Phi) is 5.88. The highest BCUT2D eigenvalue weighted by atomic mass is 19.3. The number of alkyl halides is 2. The summed E-state index contributed by atoms with van der Waals surface area (Å²) in [7, 11) is 0. The van der Waals surface area contributed by atoms with Crippen LogP contribution >= 0.6 is 0 Å². The molecule has 0 saturated heterocycles. The summed E-state index contributed by atoms with van der Waals surface area (Å²) in [6.45, 7) is 1.17. The van der Waals surface area contributed by atoms with Crippen molar-refractivity contribution in [2.45, 2.75) is 26.9 Å². The molecule has 0 aliphatic heterocycles. The quantitative estimate of drug-likeness (QED) is 0.806. The third-order valence-electron chi connectivity index (χ3n) is 2.71. The zero-order valence-corrected chi connectivity index (χ0v) is 11.5. The summed E-state index contributed by atoms with van der Waals surface area (Å²) < 4.78 is 28.2. The van der Waals surface area contributed by atoms with Crippen LogP contribution in [-0.2, 0) is 11.2 Å². The molecule has 0 aliphatic rings. The lowest BCUT2D eigenvalue weighted by molar-refractivity contribution is -0.121. The number of ether oxygens (including phenoxy) is 1. The molecule has 0 radical (unpaired) electrons. The smallest absolute Gasteiger partial charge is 0.387 e. The molecule has 1 aromatic rings. The Morgan fingerprint density at radius 1 is 1.35 bits per heavy atom. The maximum absolute atomic E-state index is 12.0. The SMILES string of the molecule is CC(C)(CO)CNC(=O)Cc1ccc(OC(F)F)cc1. The van der Waals surface area contributed by atoms with Gasteiger partial charge in [0.25, 0.3) is 0 Å². The highest BCUT2D eigenvalue weighted by molar-refractivity contribution is 5.78. The number of hydrogen-bond donors (Lipinski definition) is 2. The van der Waals surface area contributed by atoms with Crippen LogP contribution in [0.5, 0.6) is 5.75 Å². The van der Waals surface area contributed by atoms with Crippen LogP contribution < -0.4 is 10.1 Å². The van der Waals surface area contributed by atoms with Crippen molar-refractivity contribution in [1.82, 2.24) is 5.32 Å². The molecular weight excluding hydrogens is 268 g/mol. The van der Waals surface area contributed by atoms with E-state index < -0.39 is 6.61 Å². The zero-order chi connectivity index (χ0) is 15.2. The van der Waals surface area contributed by atoms with Crippen LogP contribution in [0.3, 0.4) is 0 Å². The zero-order valence-electron chi connectivity index (χ0n) is 11.5. The molecule has 2 N–H and O–H groups in total. The third-order valence-corrected chi connectivity index (χ3v) is 2.71.